The predicted molar refractivity (Wildman–Crippen MR) is 125 cm³/mol. The minimum atomic E-state index is 0. The fraction of sp³-hybridized carbons (Fsp3) is 0.227. The minimum Gasteiger partial charge on any atom is -0.107 e. The normalized spacial score (nSPS) is 14.3. The molecule has 0 aliphatic carbocycles. The first-order valence-corrected chi connectivity index (χ1v) is 10.7. The molecule has 2 heterocycles. The molecule has 0 unspecified atom stereocenters. The summed E-state index contributed by atoms with van der Waals surface area (Å²) in [4.78, 5) is 2.45. The van der Waals surface area contributed by atoms with Gasteiger partial charge in [0.25, 0.3) is 0 Å². The van der Waals surface area contributed by atoms with Crippen LogP contribution in [0.1, 0.15) is 19.5 Å². The van der Waals surface area contributed by atoms with Crippen LogP contribution in [0, 0.1) is 0 Å². The predicted octanol–water partition coefficient (Wildman–Crippen LogP) is 3.94. The van der Waals surface area contributed by atoms with Crippen LogP contribution in [-0.4, -0.2) is 28.6 Å². The van der Waals surface area contributed by atoms with Crippen LogP contribution in [0.5, 0.6) is 5.75 Å². The second kappa shape index (κ2) is 8.63. The summed E-state index contributed by atoms with van der Waals surface area (Å²) in [5.74, 6) is 0.901. The van der Waals surface area contributed by atoms with Gasteiger partial charge in [-0.05, 0) is 0 Å². The van der Waals surface area contributed by atoms with Crippen LogP contribution in [0.2, 0.25) is 0 Å². The van der Waals surface area contributed by atoms with E-state index in [0.717, 1.165) is 18.8 Å². The van der Waals surface area contributed by atoms with Crippen molar-refractivity contribution in [1.29, 1.82) is 0 Å². The van der Waals surface area contributed by atoms with Crippen molar-refractivity contribution in [3.8, 4) is 5.75 Å². The molecule has 0 N–H and O–H groups in total. The Hall–Kier alpha value is -1.56. The van der Waals surface area contributed by atoms with Gasteiger partial charge in [-0.1, -0.05) is 0 Å². The van der Waals surface area contributed by atoms with Crippen LogP contribution in [0.25, 0.3) is 17.0 Å². The number of para-hydroxylation sites is 1. The molecule has 3 aromatic rings. The summed E-state index contributed by atoms with van der Waals surface area (Å²) in [5, 5.41) is 1.21. The molecule has 0 spiro atoms. The van der Waals surface area contributed by atoms with Crippen LogP contribution in [0.3, 0.4) is 0 Å². The molecule has 0 atom stereocenters. The minimum absolute atomic E-state index is 0. The Morgan fingerprint density at radius 2 is 1.89 bits per heavy atom. The Morgan fingerprint density at radius 1 is 1.07 bits per heavy atom. The number of nitrogens with zero attached hydrogens (tertiary/aromatic N) is 2. The van der Waals surface area contributed by atoms with E-state index in [0.29, 0.717) is 15.0 Å². The van der Waals surface area contributed by atoms with Crippen LogP contribution in [-0.2, 0) is 6.54 Å². The summed E-state index contributed by atoms with van der Waals surface area (Å²) in [7, 11) is 1.72. The van der Waals surface area contributed by atoms with Gasteiger partial charge in [-0.15, -0.1) is 24.0 Å². The average molecular weight is 538 g/mol. The molecule has 1 aliphatic rings. The van der Waals surface area contributed by atoms with E-state index < -0.39 is 0 Å². The van der Waals surface area contributed by atoms with Crippen molar-refractivity contribution in [2.45, 2.75) is 20.4 Å². The Labute approximate surface area is 184 Å². The van der Waals surface area contributed by atoms with E-state index in [2.05, 4.69) is 77.9 Å². The molecule has 0 fully saturated rings. The van der Waals surface area contributed by atoms with Crippen LogP contribution < -0.4 is 18.7 Å². The van der Waals surface area contributed by atoms with Crippen LogP contribution >= 0.6 is 24.0 Å². The van der Waals surface area contributed by atoms with Gasteiger partial charge >= 0.3 is 161 Å². The first kappa shape index (κ1) is 20.2. The smallest absolute Gasteiger partial charge is 0.107 e. The van der Waals surface area contributed by atoms with Crippen molar-refractivity contribution in [3.63, 3.8) is 0 Å². The molecule has 140 valence electrons. The summed E-state index contributed by atoms with van der Waals surface area (Å²) in [6.45, 7) is 6.38. The van der Waals surface area contributed by atoms with Crippen molar-refractivity contribution in [1.82, 2.24) is 0 Å². The number of hydrogen-bond donors (Lipinski definition) is 0. The Balaban J connectivity index is 0.00000210. The van der Waals surface area contributed by atoms with Crippen molar-refractivity contribution >= 4 is 66.1 Å². The molecule has 27 heavy (non-hydrogen) atoms. The number of rotatable bonds is 4. The standard InChI is InChI=1S/C22H23N2OSe.HI/c1-4-23-17(11-10-16-14-18(25-3)12-13-19(16)23)15-22-24(5-2)20-8-6-7-9-21(20)26-22;/h6-15H,4-5H2,1-3H3;1H/q+1;. The first-order valence-electron chi connectivity index (χ1n) is 9.02. The van der Waals surface area contributed by atoms with Crippen LogP contribution in [0.15, 0.2) is 59.2 Å². The van der Waals surface area contributed by atoms with E-state index in [4.69, 9.17) is 4.74 Å². The SMILES string of the molecule is CCN1/C(=C/c2ccc3cc(OC)ccc3[n+]2CC)[Se]c2ccccc21.I. The molecule has 0 radical (unpaired) electrons. The number of anilines is 1. The van der Waals surface area contributed by atoms with E-state index in [1.807, 2.05) is 6.07 Å². The Kier molecular flexibility index (Phi) is 6.45. The number of aromatic nitrogens is 1. The van der Waals surface area contributed by atoms with E-state index in [1.165, 1.54) is 31.3 Å². The molecule has 3 nitrogen and oxygen atoms in total. The first-order chi connectivity index (χ1) is 12.7. The van der Waals surface area contributed by atoms with Crippen LogP contribution in [0.4, 0.5) is 5.69 Å². The molecule has 4 rings (SSSR count). The molecule has 0 saturated carbocycles. The number of hydrogen-bond acceptors (Lipinski definition) is 2. The maximum Gasteiger partial charge on any atom is -0.107 e. The molecule has 1 aliphatic heterocycles. The van der Waals surface area contributed by atoms with Crippen molar-refractivity contribution in [3.05, 3.63) is 64.9 Å². The van der Waals surface area contributed by atoms with E-state index in [-0.39, 0.29) is 24.0 Å². The van der Waals surface area contributed by atoms with Crippen molar-refractivity contribution in [2.24, 2.45) is 0 Å². The second-order valence-corrected chi connectivity index (χ2v) is 8.45. The van der Waals surface area contributed by atoms with Gasteiger partial charge in [0.1, 0.15) is 0 Å². The summed E-state index contributed by atoms with van der Waals surface area (Å²) in [5.41, 5.74) is 3.87. The molecule has 5 heteroatoms. The number of methoxy groups -OCH3 is 1. The Morgan fingerprint density at radius 3 is 2.63 bits per heavy atom. The zero-order valence-corrected chi connectivity index (χ0v) is 19.9. The van der Waals surface area contributed by atoms with Crippen molar-refractivity contribution < 1.29 is 9.30 Å². The monoisotopic (exact) mass is 539 g/mol. The summed E-state index contributed by atoms with van der Waals surface area (Å²) >= 11 is 0.354. The fourth-order valence-corrected chi connectivity index (χ4v) is 5.99. The van der Waals surface area contributed by atoms with Gasteiger partial charge in [0.15, 0.2) is 0 Å². The van der Waals surface area contributed by atoms with Gasteiger partial charge in [0, 0.05) is 0 Å². The molecule has 0 saturated heterocycles. The van der Waals surface area contributed by atoms with Gasteiger partial charge in [-0.2, -0.15) is 0 Å². The number of ether oxygens (including phenoxy) is 1. The third-order valence-corrected chi connectivity index (χ3v) is 7.15. The maximum absolute atomic E-state index is 5.37. The van der Waals surface area contributed by atoms with Gasteiger partial charge in [0.2, 0.25) is 0 Å². The number of halogens is 1. The molecule has 0 amide bonds. The summed E-state index contributed by atoms with van der Waals surface area (Å²) in [6.07, 6.45) is 2.37. The number of fused-ring (bicyclic) bond motifs is 2. The van der Waals surface area contributed by atoms with Gasteiger partial charge < -0.3 is 0 Å². The molecular weight excluding hydrogens is 514 g/mol. The zero-order valence-electron chi connectivity index (χ0n) is 15.8. The van der Waals surface area contributed by atoms with Gasteiger partial charge in [0.05, 0.1) is 0 Å². The van der Waals surface area contributed by atoms with E-state index in [9.17, 15) is 0 Å². The van der Waals surface area contributed by atoms with Gasteiger partial charge in [-0.25, -0.2) is 0 Å². The second-order valence-electron chi connectivity index (χ2n) is 6.22. The topological polar surface area (TPSA) is 16.4 Å². The summed E-state index contributed by atoms with van der Waals surface area (Å²) < 4.78 is 10.7. The quantitative estimate of drug-likeness (QED) is 0.285. The fourth-order valence-electron chi connectivity index (χ4n) is 3.54. The van der Waals surface area contributed by atoms with E-state index >= 15 is 0 Å². The summed E-state index contributed by atoms with van der Waals surface area (Å²) in [6, 6.07) is 19.5. The number of aryl methyl sites for hydroxylation is 1. The third kappa shape index (κ3) is 3.73. The zero-order chi connectivity index (χ0) is 18.1. The third-order valence-electron chi connectivity index (χ3n) is 4.81. The number of pyridine rings is 1. The average Bonchev–Trinajstić information content (AvgIpc) is 3.04. The van der Waals surface area contributed by atoms with Crippen molar-refractivity contribution in [2.75, 3.05) is 18.6 Å². The molecule has 2 aromatic carbocycles. The maximum atomic E-state index is 5.37. The van der Waals surface area contributed by atoms with E-state index in [1.54, 1.807) is 7.11 Å². The molecular formula is C22H24IN2OSe+. The Bertz CT molecular complexity index is 1000. The number of benzene rings is 2. The molecule has 1 aromatic heterocycles. The van der Waals surface area contributed by atoms with Gasteiger partial charge in [-0.3, -0.25) is 0 Å². The largest absolute Gasteiger partial charge is 0.107 e. The molecule has 0 bridgehead atoms.